The second-order valence-corrected chi connectivity index (χ2v) is 3.62. The largest absolute Gasteiger partial charge is 0.331 e. The van der Waals surface area contributed by atoms with Crippen molar-refractivity contribution in [1.29, 1.82) is 5.26 Å². The van der Waals surface area contributed by atoms with Crippen LogP contribution >= 0.6 is 0 Å². The quantitative estimate of drug-likeness (QED) is 0.623. The molecule has 0 atom stereocenters. The normalized spacial score (nSPS) is 11.2. The molecule has 0 fully saturated rings. The molecule has 64 valence electrons. The van der Waals surface area contributed by atoms with E-state index < -0.39 is 5.54 Å². The van der Waals surface area contributed by atoms with Crippen LogP contribution in [-0.4, -0.2) is 4.57 Å². The number of nitrogens with zero attached hydrogens (tertiary/aromatic N) is 2. The van der Waals surface area contributed by atoms with Crippen LogP contribution in [-0.2, 0) is 5.54 Å². The molecule has 1 aromatic heterocycles. The molecule has 0 radical (unpaired) electrons. The maximum absolute atomic E-state index is 8.94. The molecule has 2 nitrogen and oxygen atoms in total. The van der Waals surface area contributed by atoms with Crippen molar-refractivity contribution in [3.8, 4) is 6.07 Å². The minimum absolute atomic E-state index is 0.433. The highest BCUT2D eigenvalue weighted by atomic mass is 15.1. The van der Waals surface area contributed by atoms with Crippen molar-refractivity contribution in [1.82, 2.24) is 4.57 Å². The smallest absolute Gasteiger partial charge is 0.126 e. The lowest BCUT2D eigenvalue weighted by molar-refractivity contribution is 0.451. The lowest BCUT2D eigenvalue weighted by Gasteiger charge is -2.22. The number of aromatic nitrogens is 1. The molecule has 0 spiro atoms. The van der Waals surface area contributed by atoms with Crippen molar-refractivity contribution >= 4 is 0 Å². The summed E-state index contributed by atoms with van der Waals surface area (Å²) in [5.41, 5.74) is 1.84. The van der Waals surface area contributed by atoms with Crippen molar-refractivity contribution in [2.45, 2.75) is 33.2 Å². The first kappa shape index (κ1) is 8.86. The predicted molar refractivity (Wildman–Crippen MR) is 48.8 cm³/mol. The minimum Gasteiger partial charge on any atom is -0.331 e. The summed E-state index contributed by atoms with van der Waals surface area (Å²) in [6.07, 6.45) is 0. The van der Waals surface area contributed by atoms with E-state index in [9.17, 15) is 0 Å². The molecule has 0 aliphatic carbocycles. The number of nitriles is 1. The van der Waals surface area contributed by atoms with E-state index >= 15 is 0 Å². The molecule has 0 bridgehead atoms. The summed E-state index contributed by atoms with van der Waals surface area (Å²) in [6, 6.07) is 6.36. The van der Waals surface area contributed by atoms with Crippen molar-refractivity contribution < 1.29 is 0 Å². The van der Waals surface area contributed by atoms with Crippen LogP contribution in [0.25, 0.3) is 0 Å². The average Bonchev–Trinajstić information content (AvgIpc) is 2.31. The molecule has 0 N–H and O–H groups in total. The number of hydrogen-bond acceptors (Lipinski definition) is 1. The number of aryl methyl sites for hydroxylation is 2. The van der Waals surface area contributed by atoms with Crippen molar-refractivity contribution in [2.75, 3.05) is 0 Å². The van der Waals surface area contributed by atoms with Crippen molar-refractivity contribution in [3.05, 3.63) is 23.5 Å². The fourth-order valence-corrected chi connectivity index (χ4v) is 1.60. The fourth-order valence-electron chi connectivity index (χ4n) is 1.60. The van der Waals surface area contributed by atoms with Gasteiger partial charge in [0, 0.05) is 11.4 Å². The van der Waals surface area contributed by atoms with E-state index in [4.69, 9.17) is 5.26 Å². The molecule has 1 aromatic rings. The Balaban J connectivity index is 3.28. The van der Waals surface area contributed by atoms with E-state index in [-0.39, 0.29) is 0 Å². The lowest BCUT2D eigenvalue weighted by Crippen LogP contribution is -2.25. The van der Waals surface area contributed by atoms with E-state index in [1.165, 1.54) is 0 Å². The van der Waals surface area contributed by atoms with Gasteiger partial charge < -0.3 is 4.57 Å². The maximum atomic E-state index is 8.94. The molecular weight excluding hydrogens is 148 g/mol. The lowest BCUT2D eigenvalue weighted by atomic mass is 10.1. The topological polar surface area (TPSA) is 28.7 Å². The molecule has 12 heavy (non-hydrogen) atoms. The van der Waals surface area contributed by atoms with Gasteiger partial charge in [0.25, 0.3) is 0 Å². The Morgan fingerprint density at radius 3 is 2.00 bits per heavy atom. The third kappa shape index (κ3) is 1.23. The molecule has 0 amide bonds. The minimum atomic E-state index is -0.433. The Hall–Kier alpha value is -1.23. The van der Waals surface area contributed by atoms with Gasteiger partial charge in [-0.1, -0.05) is 0 Å². The number of rotatable bonds is 1. The highest BCUT2D eigenvalue weighted by molar-refractivity contribution is 5.19. The van der Waals surface area contributed by atoms with Gasteiger partial charge >= 0.3 is 0 Å². The number of hydrogen-bond donors (Lipinski definition) is 0. The van der Waals surface area contributed by atoms with E-state index in [0.29, 0.717) is 0 Å². The third-order valence-corrected chi connectivity index (χ3v) is 2.10. The Bertz CT molecular complexity index is 307. The first-order valence-corrected chi connectivity index (χ1v) is 4.06. The van der Waals surface area contributed by atoms with Gasteiger partial charge in [0.15, 0.2) is 0 Å². The molecule has 0 aliphatic heterocycles. The summed E-state index contributed by atoms with van der Waals surface area (Å²) in [7, 11) is 0. The van der Waals surface area contributed by atoms with Crippen LogP contribution in [0.3, 0.4) is 0 Å². The standard InChI is InChI=1S/C10H14N2/c1-8-5-6-9(2)12(8)10(3,4)7-11/h5-6H,1-4H3. The SMILES string of the molecule is Cc1ccc(C)n1C(C)(C)C#N. The third-order valence-electron chi connectivity index (χ3n) is 2.10. The second kappa shape index (κ2) is 2.67. The van der Waals surface area contributed by atoms with Crippen molar-refractivity contribution in [2.24, 2.45) is 0 Å². The molecular formula is C10H14N2. The van der Waals surface area contributed by atoms with Crippen LogP contribution in [0.4, 0.5) is 0 Å². The van der Waals surface area contributed by atoms with Gasteiger partial charge in [-0.3, -0.25) is 0 Å². The van der Waals surface area contributed by atoms with Gasteiger partial charge in [-0.15, -0.1) is 0 Å². The Morgan fingerprint density at radius 1 is 1.25 bits per heavy atom. The summed E-state index contributed by atoms with van der Waals surface area (Å²) in [6.45, 7) is 7.89. The zero-order valence-corrected chi connectivity index (χ0v) is 8.05. The Kier molecular flexibility index (Phi) is 1.97. The molecule has 0 saturated carbocycles. The predicted octanol–water partition coefficient (Wildman–Crippen LogP) is 2.36. The van der Waals surface area contributed by atoms with Gasteiger partial charge in [0.05, 0.1) is 6.07 Å². The molecule has 1 rings (SSSR count). The highest BCUT2D eigenvalue weighted by Gasteiger charge is 2.21. The Morgan fingerprint density at radius 2 is 1.67 bits per heavy atom. The zero-order chi connectivity index (χ0) is 9.35. The average molecular weight is 162 g/mol. The maximum Gasteiger partial charge on any atom is 0.126 e. The zero-order valence-electron chi connectivity index (χ0n) is 8.05. The van der Waals surface area contributed by atoms with E-state index in [2.05, 4.69) is 6.07 Å². The van der Waals surface area contributed by atoms with Gasteiger partial charge in [0.2, 0.25) is 0 Å². The molecule has 0 aromatic carbocycles. The van der Waals surface area contributed by atoms with Crippen LogP contribution in [0.1, 0.15) is 25.2 Å². The van der Waals surface area contributed by atoms with Gasteiger partial charge in [-0.25, -0.2) is 0 Å². The van der Waals surface area contributed by atoms with Crippen LogP contribution in [0, 0.1) is 25.2 Å². The summed E-state index contributed by atoms with van der Waals surface area (Å²) in [5, 5.41) is 8.94. The van der Waals surface area contributed by atoms with E-state index in [0.717, 1.165) is 11.4 Å². The fraction of sp³-hybridized carbons (Fsp3) is 0.500. The molecule has 1 heterocycles. The van der Waals surface area contributed by atoms with Crippen LogP contribution < -0.4 is 0 Å². The van der Waals surface area contributed by atoms with Crippen LogP contribution in [0.2, 0.25) is 0 Å². The van der Waals surface area contributed by atoms with Crippen LogP contribution in [0.5, 0.6) is 0 Å². The summed E-state index contributed by atoms with van der Waals surface area (Å²) in [4.78, 5) is 0. The Labute approximate surface area is 73.4 Å². The van der Waals surface area contributed by atoms with E-state index in [1.54, 1.807) is 0 Å². The molecule has 0 unspecified atom stereocenters. The molecule has 2 heteroatoms. The molecule has 0 saturated heterocycles. The van der Waals surface area contributed by atoms with Gasteiger partial charge in [-0.2, -0.15) is 5.26 Å². The summed E-state index contributed by atoms with van der Waals surface area (Å²) >= 11 is 0. The first-order chi connectivity index (χ1) is 5.49. The van der Waals surface area contributed by atoms with E-state index in [1.807, 2.05) is 44.4 Å². The monoisotopic (exact) mass is 162 g/mol. The molecule has 0 aliphatic rings. The van der Waals surface area contributed by atoms with Crippen molar-refractivity contribution in [3.63, 3.8) is 0 Å². The van der Waals surface area contributed by atoms with Gasteiger partial charge in [-0.05, 0) is 39.8 Å². The summed E-state index contributed by atoms with van der Waals surface area (Å²) in [5.74, 6) is 0. The second-order valence-electron chi connectivity index (χ2n) is 3.62. The highest BCUT2D eigenvalue weighted by Crippen LogP contribution is 2.20. The van der Waals surface area contributed by atoms with Gasteiger partial charge in [0.1, 0.15) is 5.54 Å². The first-order valence-electron chi connectivity index (χ1n) is 4.06. The summed E-state index contributed by atoms with van der Waals surface area (Å²) < 4.78 is 2.05. The van der Waals surface area contributed by atoms with Crippen LogP contribution in [0.15, 0.2) is 12.1 Å².